The van der Waals surface area contributed by atoms with E-state index in [2.05, 4.69) is 12.2 Å². The van der Waals surface area contributed by atoms with Crippen LogP contribution in [0, 0.1) is 19.6 Å². The molecule has 1 unspecified atom stereocenters. The molecule has 1 N–H and O–H groups in total. The first-order chi connectivity index (χ1) is 12.9. The number of carbonyl (C=O) groups excluding carboxylic acids is 2. The molecule has 1 atom stereocenters. The minimum absolute atomic E-state index is 0.0161. The van der Waals surface area contributed by atoms with Crippen LogP contribution >= 0.6 is 22.6 Å². The zero-order valence-corrected chi connectivity index (χ0v) is 17.7. The molecule has 0 bridgehead atoms. The van der Waals surface area contributed by atoms with Crippen LogP contribution in [0.1, 0.15) is 55.8 Å². The van der Waals surface area contributed by atoms with E-state index in [1.807, 2.05) is 22.6 Å². The lowest BCUT2D eigenvalue weighted by atomic mass is 9.96. The highest BCUT2D eigenvalue weighted by Crippen LogP contribution is 2.24. The standard InChI is InChI=1S/C19H26IN3O4/c1-2-3-4-5-10-21-18(24)14-7-6-11-22(13-14)19(25)16-9-8-15(23(26)27)12-17(16)20/h8-9,12,14H,2-7,10-11,13H2,1H3,(H,21,24). The third-order valence-electron chi connectivity index (χ3n) is 4.80. The molecule has 148 valence electrons. The van der Waals surface area contributed by atoms with Gasteiger partial charge in [0.25, 0.3) is 11.6 Å². The number of hydrogen-bond donors (Lipinski definition) is 1. The first-order valence-corrected chi connectivity index (χ1v) is 10.5. The predicted molar refractivity (Wildman–Crippen MR) is 112 cm³/mol. The van der Waals surface area contributed by atoms with Gasteiger partial charge in [-0.2, -0.15) is 0 Å². The summed E-state index contributed by atoms with van der Waals surface area (Å²) >= 11 is 1.95. The molecule has 1 heterocycles. The first kappa shape index (κ1) is 21.6. The second kappa shape index (κ2) is 10.6. The number of nitrogens with one attached hydrogen (secondary N) is 1. The number of amides is 2. The maximum atomic E-state index is 12.8. The van der Waals surface area contributed by atoms with Crippen molar-refractivity contribution in [2.24, 2.45) is 5.92 Å². The number of unbranched alkanes of at least 4 members (excludes halogenated alkanes) is 3. The monoisotopic (exact) mass is 487 g/mol. The maximum Gasteiger partial charge on any atom is 0.270 e. The van der Waals surface area contributed by atoms with Crippen LogP contribution in [0.3, 0.4) is 0 Å². The van der Waals surface area contributed by atoms with Gasteiger partial charge in [0.2, 0.25) is 5.91 Å². The van der Waals surface area contributed by atoms with Gasteiger partial charge in [0.1, 0.15) is 0 Å². The van der Waals surface area contributed by atoms with E-state index in [-0.39, 0.29) is 23.4 Å². The Morgan fingerprint density at radius 2 is 2.11 bits per heavy atom. The molecule has 0 aliphatic carbocycles. The number of piperidine rings is 1. The van der Waals surface area contributed by atoms with Crippen molar-refractivity contribution in [3.63, 3.8) is 0 Å². The summed E-state index contributed by atoms with van der Waals surface area (Å²) in [7, 11) is 0. The summed E-state index contributed by atoms with van der Waals surface area (Å²) in [5.41, 5.74) is 0.414. The Hall–Kier alpha value is -1.71. The zero-order valence-electron chi connectivity index (χ0n) is 15.6. The number of benzene rings is 1. The molecule has 8 heteroatoms. The molecule has 0 radical (unpaired) electrons. The molecular formula is C19H26IN3O4. The fraction of sp³-hybridized carbons (Fsp3) is 0.579. The molecule has 2 rings (SSSR count). The normalized spacial score (nSPS) is 16.8. The van der Waals surface area contributed by atoms with Crippen molar-refractivity contribution in [2.45, 2.75) is 45.4 Å². The van der Waals surface area contributed by atoms with Gasteiger partial charge in [-0.05, 0) is 47.9 Å². The third-order valence-corrected chi connectivity index (χ3v) is 5.70. The van der Waals surface area contributed by atoms with E-state index in [9.17, 15) is 19.7 Å². The van der Waals surface area contributed by atoms with E-state index >= 15 is 0 Å². The average Bonchev–Trinajstić information content (AvgIpc) is 2.67. The Morgan fingerprint density at radius 1 is 1.33 bits per heavy atom. The van der Waals surface area contributed by atoms with Gasteiger partial charge in [-0.25, -0.2) is 0 Å². The lowest BCUT2D eigenvalue weighted by Gasteiger charge is -2.32. The number of likely N-dealkylation sites (tertiary alicyclic amines) is 1. The molecule has 1 saturated heterocycles. The van der Waals surface area contributed by atoms with Crippen molar-refractivity contribution in [3.05, 3.63) is 37.4 Å². The number of hydrogen-bond acceptors (Lipinski definition) is 4. The number of nitro benzene ring substituents is 1. The molecule has 1 aromatic carbocycles. The molecule has 2 amide bonds. The number of nitrogens with zero attached hydrogens (tertiary/aromatic N) is 2. The van der Waals surface area contributed by atoms with Crippen LogP contribution in [0.2, 0.25) is 0 Å². The summed E-state index contributed by atoms with van der Waals surface area (Å²) in [6.07, 6.45) is 6.00. The molecule has 0 aromatic heterocycles. The van der Waals surface area contributed by atoms with Crippen molar-refractivity contribution >= 4 is 40.1 Å². The van der Waals surface area contributed by atoms with Gasteiger partial charge in [-0.15, -0.1) is 0 Å². The number of carbonyl (C=O) groups is 2. The number of non-ortho nitro benzene ring substituents is 1. The highest BCUT2D eigenvalue weighted by atomic mass is 127. The third kappa shape index (κ3) is 6.15. The summed E-state index contributed by atoms with van der Waals surface area (Å²) in [5.74, 6) is -0.346. The molecule has 1 aliphatic rings. The second-order valence-electron chi connectivity index (χ2n) is 6.86. The highest BCUT2D eigenvalue weighted by molar-refractivity contribution is 14.1. The van der Waals surface area contributed by atoms with Crippen molar-refractivity contribution in [3.8, 4) is 0 Å². The summed E-state index contributed by atoms with van der Waals surface area (Å²) in [5, 5.41) is 13.8. The summed E-state index contributed by atoms with van der Waals surface area (Å²) in [6, 6.07) is 4.25. The lowest BCUT2D eigenvalue weighted by molar-refractivity contribution is -0.384. The molecule has 1 fully saturated rings. The van der Waals surface area contributed by atoms with Crippen LogP contribution in [-0.4, -0.2) is 41.3 Å². The summed E-state index contributed by atoms with van der Waals surface area (Å²) in [6.45, 7) is 3.83. The van der Waals surface area contributed by atoms with E-state index in [1.165, 1.54) is 24.6 Å². The van der Waals surface area contributed by atoms with Crippen LogP contribution in [0.25, 0.3) is 0 Å². The Balaban J connectivity index is 1.94. The maximum absolute atomic E-state index is 12.8. The SMILES string of the molecule is CCCCCCNC(=O)C1CCCN(C(=O)c2ccc([N+](=O)[O-])cc2I)C1. The molecule has 1 aromatic rings. The molecule has 1 aliphatic heterocycles. The Morgan fingerprint density at radius 3 is 2.78 bits per heavy atom. The van der Waals surface area contributed by atoms with Gasteiger partial charge in [-0.1, -0.05) is 26.2 Å². The van der Waals surface area contributed by atoms with Crippen LogP contribution in [0.5, 0.6) is 0 Å². The topological polar surface area (TPSA) is 92.6 Å². The molecule has 7 nitrogen and oxygen atoms in total. The quantitative estimate of drug-likeness (QED) is 0.262. The van der Waals surface area contributed by atoms with E-state index in [4.69, 9.17) is 0 Å². The van der Waals surface area contributed by atoms with Crippen molar-refractivity contribution in [1.82, 2.24) is 10.2 Å². The second-order valence-corrected chi connectivity index (χ2v) is 8.03. The van der Waals surface area contributed by atoms with E-state index in [0.29, 0.717) is 28.8 Å². The summed E-state index contributed by atoms with van der Waals surface area (Å²) in [4.78, 5) is 37.3. The Labute approximate surface area is 173 Å². The van der Waals surface area contributed by atoms with Gasteiger partial charge in [0.15, 0.2) is 0 Å². The molecule has 0 saturated carbocycles. The smallest absolute Gasteiger partial charge is 0.270 e. The Kier molecular flexibility index (Phi) is 8.46. The van der Waals surface area contributed by atoms with Gasteiger partial charge < -0.3 is 10.2 Å². The van der Waals surface area contributed by atoms with Crippen LogP contribution in [0.4, 0.5) is 5.69 Å². The minimum Gasteiger partial charge on any atom is -0.356 e. The van der Waals surface area contributed by atoms with Gasteiger partial charge >= 0.3 is 0 Å². The predicted octanol–water partition coefficient (Wildman–Crippen LogP) is 3.75. The number of rotatable bonds is 8. The fourth-order valence-corrected chi connectivity index (χ4v) is 3.97. The fourth-order valence-electron chi connectivity index (χ4n) is 3.24. The minimum atomic E-state index is -0.474. The molecule has 0 spiro atoms. The van der Waals surface area contributed by atoms with Gasteiger partial charge in [0, 0.05) is 35.3 Å². The van der Waals surface area contributed by atoms with Crippen molar-refractivity contribution in [2.75, 3.05) is 19.6 Å². The summed E-state index contributed by atoms with van der Waals surface area (Å²) < 4.78 is 0.550. The van der Waals surface area contributed by atoms with Crippen molar-refractivity contribution in [1.29, 1.82) is 0 Å². The molecular weight excluding hydrogens is 461 g/mol. The van der Waals surface area contributed by atoms with E-state index in [1.54, 1.807) is 4.90 Å². The van der Waals surface area contributed by atoms with Gasteiger partial charge in [-0.3, -0.25) is 19.7 Å². The largest absolute Gasteiger partial charge is 0.356 e. The van der Waals surface area contributed by atoms with Crippen LogP contribution < -0.4 is 5.32 Å². The molecule has 27 heavy (non-hydrogen) atoms. The lowest BCUT2D eigenvalue weighted by Crippen LogP contribution is -2.45. The Bertz CT molecular complexity index is 696. The van der Waals surface area contributed by atoms with Crippen molar-refractivity contribution < 1.29 is 14.5 Å². The first-order valence-electron chi connectivity index (χ1n) is 9.45. The van der Waals surface area contributed by atoms with E-state index in [0.717, 1.165) is 32.1 Å². The van der Waals surface area contributed by atoms with Crippen LogP contribution in [-0.2, 0) is 4.79 Å². The number of halogens is 1. The van der Waals surface area contributed by atoms with E-state index < -0.39 is 4.92 Å². The number of nitro groups is 1. The average molecular weight is 487 g/mol. The van der Waals surface area contributed by atoms with Gasteiger partial charge in [0.05, 0.1) is 16.4 Å². The highest BCUT2D eigenvalue weighted by Gasteiger charge is 2.29. The zero-order chi connectivity index (χ0) is 19.8. The van der Waals surface area contributed by atoms with Crippen LogP contribution in [0.15, 0.2) is 18.2 Å².